The molecule has 3 aromatic rings. The van der Waals surface area contributed by atoms with E-state index in [1.54, 1.807) is 0 Å². The Kier molecular flexibility index (Phi) is 9.38. The van der Waals surface area contributed by atoms with Crippen molar-refractivity contribution in [1.29, 1.82) is 0 Å². The number of rotatable bonds is 10. The first-order valence-electron chi connectivity index (χ1n) is 13.7. The van der Waals surface area contributed by atoms with Gasteiger partial charge in [0.2, 0.25) is 0 Å². The molecule has 0 spiro atoms. The molecule has 0 aliphatic carbocycles. The van der Waals surface area contributed by atoms with Crippen LogP contribution in [-0.2, 0) is 6.42 Å². The summed E-state index contributed by atoms with van der Waals surface area (Å²) in [7, 11) is 0. The highest BCUT2D eigenvalue weighted by Gasteiger charge is 2.23. The zero-order chi connectivity index (χ0) is 25.3. The van der Waals surface area contributed by atoms with Crippen LogP contribution in [0.5, 0.6) is 0 Å². The number of aliphatic hydroxyl groups is 1. The second-order valence-corrected chi connectivity index (χ2v) is 10.3. The zero-order valence-corrected chi connectivity index (χ0v) is 22.0. The van der Waals surface area contributed by atoms with Crippen LogP contribution in [-0.4, -0.2) is 35.7 Å². The van der Waals surface area contributed by atoms with E-state index in [1.165, 1.54) is 65.8 Å². The lowest BCUT2D eigenvalue weighted by molar-refractivity contribution is 0.158. The number of nitrogen functional groups attached to an aromatic ring is 1. The summed E-state index contributed by atoms with van der Waals surface area (Å²) in [6.07, 6.45) is 6.19. The summed E-state index contributed by atoms with van der Waals surface area (Å²) in [5.41, 5.74) is 14.6. The fourth-order valence-corrected chi connectivity index (χ4v) is 5.51. The summed E-state index contributed by atoms with van der Waals surface area (Å²) in [5, 5.41) is 9.65. The molecular weight excluding hydrogens is 440 g/mol. The minimum absolute atomic E-state index is 0.196. The van der Waals surface area contributed by atoms with Crippen LogP contribution in [0.25, 0.3) is 5.57 Å². The maximum Gasteiger partial charge on any atom is 0.0434 e. The molecule has 0 amide bonds. The molecule has 0 bridgehead atoms. The van der Waals surface area contributed by atoms with E-state index in [2.05, 4.69) is 85.5 Å². The molecular formula is C33H42N2O. The summed E-state index contributed by atoms with van der Waals surface area (Å²) in [4.78, 5) is 2.64. The largest absolute Gasteiger partial charge is 0.399 e. The van der Waals surface area contributed by atoms with E-state index in [0.29, 0.717) is 12.0 Å². The molecule has 1 atom stereocenters. The third-order valence-electron chi connectivity index (χ3n) is 7.86. The fraction of sp³-hybridized carbons (Fsp3) is 0.394. The Morgan fingerprint density at radius 2 is 1.53 bits per heavy atom. The molecule has 3 N–H and O–H groups in total. The molecule has 1 saturated heterocycles. The van der Waals surface area contributed by atoms with Gasteiger partial charge in [0.1, 0.15) is 0 Å². The van der Waals surface area contributed by atoms with Crippen LogP contribution in [0.2, 0.25) is 0 Å². The number of aliphatic hydroxyl groups excluding tert-OH is 1. The van der Waals surface area contributed by atoms with Crippen LogP contribution in [0.4, 0.5) is 5.69 Å². The molecule has 36 heavy (non-hydrogen) atoms. The minimum Gasteiger partial charge on any atom is -0.399 e. The van der Waals surface area contributed by atoms with E-state index in [-0.39, 0.29) is 6.61 Å². The molecule has 4 rings (SSSR count). The van der Waals surface area contributed by atoms with Crippen molar-refractivity contribution in [3.05, 3.63) is 107 Å². The average molecular weight is 483 g/mol. The third-order valence-corrected chi connectivity index (χ3v) is 7.86. The summed E-state index contributed by atoms with van der Waals surface area (Å²) in [6.45, 7) is 7.22. The van der Waals surface area contributed by atoms with Crippen LogP contribution < -0.4 is 5.73 Å². The molecule has 0 aromatic heterocycles. The van der Waals surface area contributed by atoms with Gasteiger partial charge in [-0.05, 0) is 104 Å². The van der Waals surface area contributed by atoms with Crippen LogP contribution in [0.3, 0.4) is 0 Å². The van der Waals surface area contributed by atoms with Gasteiger partial charge in [-0.25, -0.2) is 0 Å². The zero-order valence-electron chi connectivity index (χ0n) is 22.0. The van der Waals surface area contributed by atoms with E-state index in [4.69, 9.17) is 5.73 Å². The Hall–Kier alpha value is -2.88. The van der Waals surface area contributed by atoms with Crippen molar-refractivity contribution >= 4 is 11.3 Å². The highest BCUT2D eigenvalue weighted by Crippen LogP contribution is 2.34. The summed E-state index contributed by atoms with van der Waals surface area (Å²) >= 11 is 0. The summed E-state index contributed by atoms with van der Waals surface area (Å²) < 4.78 is 0. The first-order chi connectivity index (χ1) is 17.6. The Bertz CT molecular complexity index is 1090. The van der Waals surface area contributed by atoms with Gasteiger partial charge in [0, 0.05) is 18.3 Å². The maximum absolute atomic E-state index is 9.65. The lowest BCUT2D eigenvalue weighted by atomic mass is 9.85. The van der Waals surface area contributed by atoms with Gasteiger partial charge in [0.05, 0.1) is 0 Å². The molecule has 0 radical (unpaired) electrons. The Labute approximate surface area is 217 Å². The Balaban J connectivity index is 1.66. The van der Waals surface area contributed by atoms with Crippen molar-refractivity contribution < 1.29 is 5.11 Å². The van der Waals surface area contributed by atoms with Gasteiger partial charge in [-0.1, -0.05) is 79.2 Å². The molecule has 190 valence electrons. The number of nitrogens with two attached hydrogens (primary N) is 1. The molecule has 3 nitrogen and oxygen atoms in total. The average Bonchev–Trinajstić information content (AvgIpc) is 2.93. The predicted molar refractivity (Wildman–Crippen MR) is 153 cm³/mol. The van der Waals surface area contributed by atoms with E-state index in [9.17, 15) is 5.11 Å². The number of allylic oxidation sites excluding steroid dienone is 1. The van der Waals surface area contributed by atoms with Gasteiger partial charge in [0.25, 0.3) is 0 Å². The fourth-order valence-electron chi connectivity index (χ4n) is 5.51. The van der Waals surface area contributed by atoms with Gasteiger partial charge >= 0.3 is 0 Å². The number of anilines is 1. The minimum atomic E-state index is 0.196. The number of piperidine rings is 1. The van der Waals surface area contributed by atoms with Crippen molar-refractivity contribution in [3.8, 4) is 0 Å². The first-order valence-corrected chi connectivity index (χ1v) is 13.7. The van der Waals surface area contributed by atoms with Gasteiger partial charge < -0.3 is 15.7 Å². The summed E-state index contributed by atoms with van der Waals surface area (Å²) in [6, 6.07) is 28.9. The molecule has 3 heteroatoms. The summed E-state index contributed by atoms with van der Waals surface area (Å²) in [5.74, 6) is 0.640. The highest BCUT2D eigenvalue weighted by atomic mass is 16.2. The van der Waals surface area contributed by atoms with E-state index < -0.39 is 0 Å². The molecule has 0 saturated carbocycles. The van der Waals surface area contributed by atoms with E-state index >= 15 is 0 Å². The van der Waals surface area contributed by atoms with Gasteiger partial charge in [-0.2, -0.15) is 0 Å². The Morgan fingerprint density at radius 3 is 2.11 bits per heavy atom. The SMILES string of the molecule is CCC(C)N1CCC(c2ccc(/C(=C(/CCCO)Cc3ccccc3)c3ccc(N)cc3)cc2)CC1. The number of likely N-dealkylation sites (tertiary alicyclic amines) is 1. The van der Waals surface area contributed by atoms with E-state index in [1.807, 2.05) is 12.1 Å². The number of hydrogen-bond donors (Lipinski definition) is 2. The smallest absolute Gasteiger partial charge is 0.0434 e. The lowest BCUT2D eigenvalue weighted by Gasteiger charge is -2.36. The molecule has 1 unspecified atom stereocenters. The van der Waals surface area contributed by atoms with Crippen molar-refractivity contribution in [2.24, 2.45) is 0 Å². The topological polar surface area (TPSA) is 49.5 Å². The van der Waals surface area contributed by atoms with Crippen molar-refractivity contribution in [2.45, 2.75) is 64.3 Å². The van der Waals surface area contributed by atoms with Crippen molar-refractivity contribution in [1.82, 2.24) is 4.90 Å². The number of benzene rings is 3. The van der Waals surface area contributed by atoms with Crippen LogP contribution in [0.1, 0.15) is 74.1 Å². The predicted octanol–water partition coefficient (Wildman–Crippen LogP) is 7.06. The van der Waals surface area contributed by atoms with Crippen LogP contribution in [0.15, 0.2) is 84.4 Å². The molecule has 3 aromatic carbocycles. The third kappa shape index (κ3) is 6.66. The van der Waals surface area contributed by atoms with Crippen molar-refractivity contribution in [2.75, 3.05) is 25.4 Å². The number of hydrogen-bond acceptors (Lipinski definition) is 3. The van der Waals surface area contributed by atoms with Crippen molar-refractivity contribution in [3.63, 3.8) is 0 Å². The number of nitrogens with zero attached hydrogens (tertiary/aromatic N) is 1. The van der Waals surface area contributed by atoms with Crippen LogP contribution in [0, 0.1) is 0 Å². The first kappa shape index (κ1) is 26.2. The maximum atomic E-state index is 9.65. The lowest BCUT2D eigenvalue weighted by Crippen LogP contribution is -2.39. The Morgan fingerprint density at radius 1 is 0.917 bits per heavy atom. The normalized spacial score (nSPS) is 16.5. The molecule has 1 aliphatic rings. The molecule has 1 aliphatic heterocycles. The second kappa shape index (κ2) is 12.9. The van der Waals surface area contributed by atoms with Crippen LogP contribution >= 0.6 is 0 Å². The quantitative estimate of drug-likeness (QED) is 0.304. The van der Waals surface area contributed by atoms with Gasteiger partial charge in [-0.15, -0.1) is 0 Å². The van der Waals surface area contributed by atoms with Gasteiger partial charge in [-0.3, -0.25) is 0 Å². The highest BCUT2D eigenvalue weighted by molar-refractivity contribution is 5.83. The second-order valence-electron chi connectivity index (χ2n) is 10.3. The standard InChI is InChI=1S/C33H42N2O/c1-3-25(2)35-21-19-28(20-22-35)27-11-13-29(14-12-27)33(30-15-17-32(34)18-16-30)31(10-7-23-36)24-26-8-5-4-6-9-26/h4-6,8-9,11-18,25,28,36H,3,7,10,19-24,34H2,1-2H3/b33-31+. The monoisotopic (exact) mass is 482 g/mol. The van der Waals surface area contributed by atoms with E-state index in [0.717, 1.165) is 24.9 Å². The molecule has 1 heterocycles. The molecule has 1 fully saturated rings. The van der Waals surface area contributed by atoms with Gasteiger partial charge in [0.15, 0.2) is 0 Å².